The van der Waals surface area contributed by atoms with Crippen molar-refractivity contribution in [2.75, 3.05) is 13.7 Å². The maximum Gasteiger partial charge on any atom is 0.220 e. The highest BCUT2D eigenvalue weighted by Gasteiger charge is 2.25. The normalized spacial score (nSPS) is 41.0. The number of ether oxygens (including phenoxy) is 2. The summed E-state index contributed by atoms with van der Waals surface area (Å²) in [7, 11) is 1.11. The molecule has 2 fully saturated rings. The predicted molar refractivity (Wildman–Crippen MR) is 76.2 cm³/mol. The molecule has 1 heterocycles. The van der Waals surface area contributed by atoms with Crippen LogP contribution in [-0.4, -0.2) is 25.7 Å². The van der Waals surface area contributed by atoms with Gasteiger partial charge in [0.15, 0.2) is 11.5 Å². The Morgan fingerprint density at radius 1 is 1.35 bits per heavy atom. The number of carbonyl (C=O) groups excluding carboxylic acids is 1. The fourth-order valence-corrected chi connectivity index (χ4v) is 2.05. The van der Waals surface area contributed by atoms with Crippen LogP contribution in [0.1, 0.15) is 58.5 Å². The number of nitrogens with one attached hydrogen (secondary N) is 1. The minimum absolute atomic E-state index is 0.0516. The molecule has 3 rings (SSSR count). The van der Waals surface area contributed by atoms with Gasteiger partial charge in [0.1, 0.15) is 0 Å². The molecule has 1 saturated carbocycles. The van der Waals surface area contributed by atoms with Gasteiger partial charge >= 0.3 is 0 Å². The summed E-state index contributed by atoms with van der Waals surface area (Å²) >= 11 is 0. The first kappa shape index (κ1) is 5.58. The van der Waals surface area contributed by atoms with Gasteiger partial charge in [-0.1, -0.05) is 6.04 Å². The molecular formula is C16H21NO3. The average molecular weight is 286 g/mol. The molecule has 1 N–H and O–H groups in total. The van der Waals surface area contributed by atoms with Gasteiger partial charge < -0.3 is 14.8 Å². The molecule has 2 aliphatic rings. The van der Waals surface area contributed by atoms with Crippen molar-refractivity contribution in [2.24, 2.45) is 0 Å². The van der Waals surface area contributed by atoms with Crippen LogP contribution in [-0.2, 0) is 4.79 Å². The molecule has 0 bridgehead atoms. The largest absolute Gasteiger partial charge is 0.493 e. The summed E-state index contributed by atoms with van der Waals surface area (Å²) < 4.78 is 99.3. The monoisotopic (exact) mass is 286 g/mol. The van der Waals surface area contributed by atoms with E-state index in [4.69, 9.17) is 24.6 Å². The lowest BCUT2D eigenvalue weighted by Gasteiger charge is -2.18. The fraction of sp³-hybridized carbons (Fsp3) is 0.562. The molecule has 1 atom stereocenters. The Labute approximate surface area is 134 Å². The first-order valence-corrected chi connectivity index (χ1v) is 6.15. The summed E-state index contributed by atoms with van der Waals surface area (Å²) in [4.78, 5) is 11.6. The second-order valence-electron chi connectivity index (χ2n) is 4.39. The quantitative estimate of drug-likeness (QED) is 0.925. The van der Waals surface area contributed by atoms with Crippen molar-refractivity contribution in [1.29, 1.82) is 0 Å². The van der Waals surface area contributed by atoms with Gasteiger partial charge in [0.25, 0.3) is 0 Å². The van der Waals surface area contributed by atoms with Crippen molar-refractivity contribution in [2.45, 2.75) is 43.9 Å². The maximum absolute atomic E-state index is 11.6. The number of amides is 1. The Morgan fingerprint density at radius 3 is 2.80 bits per heavy atom. The number of hydrogen-bond acceptors (Lipinski definition) is 3. The Kier molecular flexibility index (Phi) is 1.60. The van der Waals surface area contributed by atoms with Crippen molar-refractivity contribution < 1.29 is 29.3 Å². The molecule has 1 unspecified atom stereocenters. The fourth-order valence-electron chi connectivity index (χ4n) is 2.05. The van der Waals surface area contributed by atoms with E-state index in [0.29, 0.717) is 0 Å². The maximum atomic E-state index is 11.6. The number of methoxy groups -OCH3 is 1. The summed E-state index contributed by atoms with van der Waals surface area (Å²) in [5.41, 5.74) is -0.0516. The molecule has 1 amide bonds. The van der Waals surface area contributed by atoms with Crippen LogP contribution in [0.3, 0.4) is 0 Å². The molecule has 20 heavy (non-hydrogen) atoms. The van der Waals surface area contributed by atoms with Gasteiger partial charge in [-0.25, -0.2) is 0 Å². The molecular weight excluding hydrogens is 254 g/mol. The average Bonchev–Trinajstić information content (AvgIpc) is 3.10. The summed E-state index contributed by atoms with van der Waals surface area (Å²) in [5, 5.41) is 2.55. The lowest BCUT2D eigenvalue weighted by Crippen LogP contribution is -2.14. The number of rotatable bonds is 4. The molecule has 4 nitrogen and oxygen atoms in total. The molecule has 1 saturated heterocycles. The topological polar surface area (TPSA) is 47.6 Å². The van der Waals surface area contributed by atoms with Crippen molar-refractivity contribution in [3.8, 4) is 11.5 Å². The Morgan fingerprint density at radius 2 is 2.15 bits per heavy atom. The van der Waals surface area contributed by atoms with Crippen LogP contribution in [0.15, 0.2) is 18.1 Å². The van der Waals surface area contributed by atoms with Crippen molar-refractivity contribution >= 4 is 5.91 Å². The zero-order valence-corrected chi connectivity index (χ0v) is 10.8. The third-order valence-electron chi connectivity index (χ3n) is 3.06. The van der Waals surface area contributed by atoms with E-state index in [1.807, 2.05) is 0 Å². The summed E-state index contributed by atoms with van der Waals surface area (Å²) in [6.07, 6.45) is -15.3. The van der Waals surface area contributed by atoms with E-state index in [1.165, 1.54) is 0 Å². The van der Waals surface area contributed by atoms with Gasteiger partial charge in [-0.3, -0.25) is 4.79 Å². The molecule has 0 radical (unpaired) electrons. The van der Waals surface area contributed by atoms with Crippen LogP contribution in [0.5, 0.6) is 11.5 Å². The van der Waals surface area contributed by atoms with Gasteiger partial charge in [-0.05, 0) is 43.1 Å². The molecule has 108 valence electrons. The SMILES string of the molecule is [2H]c1c([2H])c(C2CNC(=O)C2)c([2H])c(OC2C([2H])([2H])C([2H])([2H])C([2H])([2H])C2([2H])[2H])c1OC. The van der Waals surface area contributed by atoms with Crippen molar-refractivity contribution in [3.05, 3.63) is 23.7 Å². The third kappa shape index (κ3) is 2.74. The number of hydrogen-bond donors (Lipinski definition) is 1. The summed E-state index contributed by atoms with van der Waals surface area (Å²) in [6.45, 7) is 0.0952. The van der Waals surface area contributed by atoms with E-state index >= 15 is 0 Å². The Balaban J connectivity index is 2.19. The van der Waals surface area contributed by atoms with Crippen LogP contribution in [0.4, 0.5) is 0 Å². The zero-order valence-electron chi connectivity index (χ0n) is 21.8. The van der Waals surface area contributed by atoms with Gasteiger partial charge in [0.2, 0.25) is 5.91 Å². The lowest BCUT2D eigenvalue weighted by molar-refractivity contribution is -0.119. The first-order valence-electron chi connectivity index (χ1n) is 11.6. The smallest absolute Gasteiger partial charge is 0.220 e. The van der Waals surface area contributed by atoms with Crippen LogP contribution in [0.25, 0.3) is 0 Å². The molecule has 0 aromatic heterocycles. The molecule has 1 aliphatic heterocycles. The van der Waals surface area contributed by atoms with Gasteiger partial charge in [-0.2, -0.15) is 0 Å². The molecule has 0 spiro atoms. The van der Waals surface area contributed by atoms with E-state index in [2.05, 4.69) is 5.32 Å². The van der Waals surface area contributed by atoms with E-state index in [0.717, 1.165) is 7.11 Å². The molecule has 1 aromatic rings. The standard InChI is InChI=1S/C16H21NO3/c1-19-14-7-6-11(12-9-16(18)17-10-12)8-15(14)20-13-4-2-3-5-13/h6-8,12-13H,2-5,9-10H2,1H3,(H,17,18)/i2D2,3D2,4D2,5D2,6D,7D,8D. The van der Waals surface area contributed by atoms with Gasteiger partial charge in [0, 0.05) is 29.8 Å². The van der Waals surface area contributed by atoms with Crippen molar-refractivity contribution in [3.63, 3.8) is 0 Å². The highest BCUT2D eigenvalue weighted by molar-refractivity contribution is 5.79. The third-order valence-corrected chi connectivity index (χ3v) is 3.06. The van der Waals surface area contributed by atoms with E-state index in [1.54, 1.807) is 0 Å². The first-order chi connectivity index (χ1) is 14.0. The lowest BCUT2D eigenvalue weighted by atomic mass is 9.98. The number of carbonyl (C=O) groups is 1. The van der Waals surface area contributed by atoms with Crippen LogP contribution in [0.2, 0.25) is 0 Å². The highest BCUT2D eigenvalue weighted by atomic mass is 16.5. The van der Waals surface area contributed by atoms with Crippen LogP contribution in [0, 0.1) is 0 Å². The van der Waals surface area contributed by atoms with Crippen LogP contribution < -0.4 is 14.8 Å². The van der Waals surface area contributed by atoms with Crippen LogP contribution >= 0.6 is 0 Å². The Bertz CT molecular complexity index is 908. The number of benzene rings is 1. The summed E-state index contributed by atoms with van der Waals surface area (Å²) in [6, 6.07) is -1.47. The Hall–Kier alpha value is -1.71. The van der Waals surface area contributed by atoms with E-state index in [9.17, 15) is 4.79 Å². The molecule has 4 heteroatoms. The second-order valence-corrected chi connectivity index (χ2v) is 4.39. The minimum atomic E-state index is -3.28. The second kappa shape index (κ2) is 5.73. The van der Waals surface area contributed by atoms with E-state index < -0.39 is 67.1 Å². The predicted octanol–water partition coefficient (Wildman–Crippen LogP) is 2.62. The zero-order chi connectivity index (χ0) is 23.7. The van der Waals surface area contributed by atoms with Gasteiger partial charge in [-0.15, -0.1) is 0 Å². The van der Waals surface area contributed by atoms with E-state index in [-0.39, 0.29) is 24.4 Å². The van der Waals surface area contributed by atoms with Gasteiger partial charge in [0.05, 0.1) is 17.3 Å². The molecule has 1 aromatic carbocycles. The molecule has 1 aliphatic carbocycles. The highest BCUT2D eigenvalue weighted by Crippen LogP contribution is 2.35. The summed E-state index contributed by atoms with van der Waals surface area (Å²) in [5.74, 6) is -2.04. The minimum Gasteiger partial charge on any atom is -0.493 e. The van der Waals surface area contributed by atoms with Crippen molar-refractivity contribution in [1.82, 2.24) is 5.32 Å².